The molecule has 5 heteroatoms. The van der Waals surface area contributed by atoms with Gasteiger partial charge >= 0.3 is 0 Å². The molecule has 0 aliphatic rings. The maximum atomic E-state index is 6.57. The van der Waals surface area contributed by atoms with Gasteiger partial charge in [0.2, 0.25) is 0 Å². The first-order chi connectivity index (χ1) is 9.86. The van der Waals surface area contributed by atoms with Crippen LogP contribution in [-0.4, -0.2) is 31.6 Å². The average Bonchev–Trinajstić information content (AvgIpc) is 2.81. The zero-order valence-corrected chi connectivity index (χ0v) is 15.7. The zero-order valence-electron chi connectivity index (χ0n) is 14.7. The Labute approximate surface area is 131 Å². The van der Waals surface area contributed by atoms with Crippen LogP contribution in [0.2, 0.25) is 16.6 Å². The van der Waals surface area contributed by atoms with Crippen molar-refractivity contribution in [2.24, 2.45) is 0 Å². The number of hydrogen-bond donors (Lipinski definition) is 0. The lowest BCUT2D eigenvalue weighted by Gasteiger charge is -2.42. The third kappa shape index (κ3) is 4.17. The van der Waals surface area contributed by atoms with Crippen LogP contribution in [0.1, 0.15) is 47.4 Å². The van der Waals surface area contributed by atoms with Crippen LogP contribution in [0, 0.1) is 0 Å². The maximum absolute atomic E-state index is 6.57. The second-order valence-electron chi connectivity index (χ2n) is 6.65. The second kappa shape index (κ2) is 8.10. The van der Waals surface area contributed by atoms with Crippen LogP contribution in [0.5, 0.6) is 0 Å². The van der Waals surface area contributed by atoms with Crippen molar-refractivity contribution < 1.29 is 9.16 Å². The Balaban J connectivity index is 2.72. The minimum absolute atomic E-state index is 0.552. The molecule has 0 atom stereocenters. The molecule has 0 N–H and O–H groups in total. The molecule has 0 aromatic carbocycles. The number of aromatic nitrogens is 2. The lowest BCUT2D eigenvalue weighted by atomic mass is 10.4. The Kier molecular flexibility index (Phi) is 7.10. The molecule has 1 heterocycles. The molecule has 0 saturated heterocycles. The van der Waals surface area contributed by atoms with Crippen molar-refractivity contribution >= 4 is 8.32 Å². The van der Waals surface area contributed by atoms with E-state index in [2.05, 4.69) is 46.5 Å². The normalized spacial score (nSPS) is 12.9. The molecule has 1 aromatic heterocycles. The van der Waals surface area contributed by atoms with E-state index in [0.29, 0.717) is 23.4 Å². The summed E-state index contributed by atoms with van der Waals surface area (Å²) in [4.78, 5) is 4.41. The lowest BCUT2D eigenvalue weighted by molar-refractivity contribution is 0.127. The van der Waals surface area contributed by atoms with Crippen LogP contribution in [0.25, 0.3) is 0 Å². The minimum atomic E-state index is -1.77. The summed E-state index contributed by atoms with van der Waals surface area (Å²) in [7, 11) is -0.0623. The lowest BCUT2D eigenvalue weighted by Crippen LogP contribution is -2.48. The Bertz CT molecular complexity index is 394. The summed E-state index contributed by atoms with van der Waals surface area (Å²) in [5, 5.41) is 0. The van der Waals surface area contributed by atoms with E-state index >= 15 is 0 Å². The third-order valence-electron chi connectivity index (χ3n) is 4.45. The summed E-state index contributed by atoms with van der Waals surface area (Å²) in [6.45, 7) is 15.2. The highest BCUT2D eigenvalue weighted by atomic mass is 28.4. The van der Waals surface area contributed by atoms with Gasteiger partial charge < -0.3 is 13.7 Å². The number of methoxy groups -OCH3 is 1. The number of ether oxygens (including phenoxy) is 1. The molecule has 0 radical (unpaired) electrons. The molecule has 0 aliphatic carbocycles. The largest absolute Gasteiger partial charge is 0.416 e. The van der Waals surface area contributed by atoms with Gasteiger partial charge in [-0.2, -0.15) is 0 Å². The first kappa shape index (κ1) is 18.4. The quantitative estimate of drug-likeness (QED) is 0.640. The van der Waals surface area contributed by atoms with Gasteiger partial charge in [-0.15, -0.1) is 0 Å². The molecule has 21 heavy (non-hydrogen) atoms. The fraction of sp³-hybridized carbons (Fsp3) is 0.812. The van der Waals surface area contributed by atoms with Crippen LogP contribution < -0.4 is 0 Å². The highest BCUT2D eigenvalue weighted by molar-refractivity contribution is 6.77. The van der Waals surface area contributed by atoms with Gasteiger partial charge in [-0.3, -0.25) is 0 Å². The number of nitrogens with zero attached hydrogens (tertiary/aromatic N) is 2. The zero-order chi connectivity index (χ0) is 16.0. The Morgan fingerprint density at radius 1 is 1.10 bits per heavy atom. The standard InChI is InChI=1S/C16H32N2O2Si/c1-13(2)21(14(3)4,15(5)6)20-11-8-16-17-9-10-18(16)12-19-7/h9-10,13-15H,8,11-12H2,1-7H3. The Hall–Kier alpha value is -0.653. The van der Waals surface area contributed by atoms with E-state index < -0.39 is 8.32 Å². The molecule has 1 aromatic rings. The smallest absolute Gasteiger partial charge is 0.200 e. The molecule has 0 fully saturated rings. The van der Waals surface area contributed by atoms with Crippen molar-refractivity contribution in [2.75, 3.05) is 13.7 Å². The molecule has 0 spiro atoms. The van der Waals surface area contributed by atoms with Gasteiger partial charge in [-0.25, -0.2) is 4.98 Å². The molecule has 0 aliphatic heterocycles. The van der Waals surface area contributed by atoms with Crippen molar-refractivity contribution in [1.29, 1.82) is 0 Å². The molecule has 0 saturated carbocycles. The van der Waals surface area contributed by atoms with Crippen molar-refractivity contribution in [2.45, 2.75) is 71.3 Å². The van der Waals surface area contributed by atoms with Gasteiger partial charge in [0.25, 0.3) is 0 Å². The van der Waals surface area contributed by atoms with Gasteiger partial charge in [0.05, 0.1) is 0 Å². The topological polar surface area (TPSA) is 36.3 Å². The van der Waals surface area contributed by atoms with E-state index in [-0.39, 0.29) is 0 Å². The predicted molar refractivity (Wildman–Crippen MR) is 89.9 cm³/mol. The van der Waals surface area contributed by atoms with Crippen LogP contribution in [-0.2, 0) is 22.3 Å². The molecule has 0 amide bonds. The molecule has 0 bridgehead atoms. The summed E-state index contributed by atoms with van der Waals surface area (Å²) < 4.78 is 13.8. The van der Waals surface area contributed by atoms with Crippen LogP contribution >= 0.6 is 0 Å². The molecule has 122 valence electrons. The maximum Gasteiger partial charge on any atom is 0.200 e. The van der Waals surface area contributed by atoms with Crippen molar-refractivity contribution in [3.05, 3.63) is 18.2 Å². The summed E-state index contributed by atoms with van der Waals surface area (Å²) in [6.07, 6.45) is 4.63. The van der Waals surface area contributed by atoms with Crippen LogP contribution in [0.3, 0.4) is 0 Å². The van der Waals surface area contributed by atoms with E-state index in [4.69, 9.17) is 9.16 Å². The minimum Gasteiger partial charge on any atom is -0.416 e. The molecule has 4 nitrogen and oxygen atoms in total. The van der Waals surface area contributed by atoms with E-state index in [0.717, 1.165) is 18.9 Å². The van der Waals surface area contributed by atoms with Gasteiger partial charge in [0, 0.05) is 32.5 Å². The Morgan fingerprint density at radius 2 is 1.67 bits per heavy atom. The highest BCUT2D eigenvalue weighted by Crippen LogP contribution is 2.42. The van der Waals surface area contributed by atoms with Gasteiger partial charge in [-0.1, -0.05) is 41.5 Å². The molecule has 1 rings (SSSR count). The first-order valence-corrected chi connectivity index (χ1v) is 10.1. The van der Waals surface area contributed by atoms with Crippen molar-refractivity contribution in [1.82, 2.24) is 9.55 Å². The fourth-order valence-corrected chi connectivity index (χ4v) is 9.10. The number of imidazole rings is 1. The highest BCUT2D eigenvalue weighted by Gasteiger charge is 2.44. The summed E-state index contributed by atoms with van der Waals surface area (Å²) >= 11 is 0. The van der Waals surface area contributed by atoms with Crippen LogP contribution in [0.15, 0.2) is 12.4 Å². The van der Waals surface area contributed by atoms with E-state index in [1.54, 1.807) is 7.11 Å². The number of rotatable bonds is 9. The van der Waals surface area contributed by atoms with Gasteiger partial charge in [-0.05, 0) is 16.6 Å². The average molecular weight is 313 g/mol. The van der Waals surface area contributed by atoms with E-state index in [1.165, 1.54) is 0 Å². The molecular weight excluding hydrogens is 280 g/mol. The van der Waals surface area contributed by atoms with Crippen molar-refractivity contribution in [3.8, 4) is 0 Å². The molecular formula is C16H32N2O2Si. The van der Waals surface area contributed by atoms with E-state index in [1.807, 2.05) is 17.0 Å². The summed E-state index contributed by atoms with van der Waals surface area (Å²) in [6, 6.07) is 0. The predicted octanol–water partition coefficient (Wildman–Crippen LogP) is 4.22. The van der Waals surface area contributed by atoms with Gasteiger partial charge in [0.1, 0.15) is 12.6 Å². The monoisotopic (exact) mass is 312 g/mol. The SMILES string of the molecule is COCn1ccnc1CCO[Si](C(C)C)(C(C)C)C(C)C. The van der Waals surface area contributed by atoms with Crippen LogP contribution in [0.4, 0.5) is 0 Å². The van der Waals surface area contributed by atoms with Crippen molar-refractivity contribution in [3.63, 3.8) is 0 Å². The Morgan fingerprint density at radius 3 is 2.14 bits per heavy atom. The third-order valence-corrected chi connectivity index (χ3v) is 10.6. The summed E-state index contributed by atoms with van der Waals surface area (Å²) in [5.74, 6) is 1.04. The fourth-order valence-electron chi connectivity index (χ4n) is 3.64. The molecule has 0 unspecified atom stereocenters. The summed E-state index contributed by atoms with van der Waals surface area (Å²) in [5.41, 5.74) is 1.86. The number of hydrogen-bond acceptors (Lipinski definition) is 3. The van der Waals surface area contributed by atoms with E-state index in [9.17, 15) is 0 Å². The second-order valence-corrected chi connectivity index (χ2v) is 12.1. The van der Waals surface area contributed by atoms with Gasteiger partial charge in [0.15, 0.2) is 8.32 Å². The first-order valence-electron chi connectivity index (χ1n) is 7.99.